The first kappa shape index (κ1) is 8.90. The smallest absolute Gasteiger partial charge is 0.139 e. The number of hydrogen-bond donors (Lipinski definition) is 2. The van der Waals surface area contributed by atoms with E-state index in [4.69, 9.17) is 5.73 Å². The van der Waals surface area contributed by atoms with Gasteiger partial charge in [-0.3, -0.25) is 4.98 Å². The number of nitrogens with one attached hydrogen (secondary N) is 1. The minimum atomic E-state index is -0.0204. The average Bonchev–Trinajstić information content (AvgIpc) is 2.68. The highest BCUT2D eigenvalue weighted by atomic mass is 14.9. The summed E-state index contributed by atoms with van der Waals surface area (Å²) < 4.78 is 0. The van der Waals surface area contributed by atoms with E-state index in [1.54, 1.807) is 18.6 Å². The number of aromatic nitrogens is 3. The van der Waals surface area contributed by atoms with Gasteiger partial charge in [0.05, 0.1) is 11.9 Å². The van der Waals surface area contributed by atoms with Crippen LogP contribution in [0.4, 0.5) is 0 Å². The van der Waals surface area contributed by atoms with Crippen molar-refractivity contribution in [2.24, 2.45) is 5.73 Å². The number of imidazole rings is 1. The SMILES string of the molecule is C[C@H](N)c1cnc(-c2cccnc2)[nH]1. The van der Waals surface area contributed by atoms with Gasteiger partial charge in [0.15, 0.2) is 0 Å². The maximum absolute atomic E-state index is 5.72. The molecule has 0 bridgehead atoms. The van der Waals surface area contributed by atoms with Gasteiger partial charge in [-0.1, -0.05) is 0 Å². The number of aromatic amines is 1. The molecule has 2 rings (SSSR count). The average molecular weight is 188 g/mol. The molecule has 2 aromatic heterocycles. The Labute approximate surface area is 82.2 Å². The minimum absolute atomic E-state index is 0.0204. The molecule has 0 aromatic carbocycles. The maximum Gasteiger partial charge on any atom is 0.139 e. The Hall–Kier alpha value is -1.68. The van der Waals surface area contributed by atoms with Crippen molar-refractivity contribution >= 4 is 0 Å². The maximum atomic E-state index is 5.72. The Morgan fingerprint density at radius 1 is 1.43 bits per heavy atom. The third kappa shape index (κ3) is 1.65. The molecule has 0 unspecified atom stereocenters. The molecule has 4 heteroatoms. The van der Waals surface area contributed by atoms with Gasteiger partial charge >= 0.3 is 0 Å². The van der Waals surface area contributed by atoms with E-state index >= 15 is 0 Å². The van der Waals surface area contributed by atoms with Crippen LogP contribution in [0, 0.1) is 0 Å². The van der Waals surface area contributed by atoms with Crippen LogP contribution < -0.4 is 5.73 Å². The molecular weight excluding hydrogens is 176 g/mol. The van der Waals surface area contributed by atoms with E-state index < -0.39 is 0 Å². The summed E-state index contributed by atoms with van der Waals surface area (Å²) in [7, 11) is 0. The van der Waals surface area contributed by atoms with E-state index in [0.717, 1.165) is 17.1 Å². The van der Waals surface area contributed by atoms with E-state index in [0.29, 0.717) is 0 Å². The molecule has 72 valence electrons. The van der Waals surface area contributed by atoms with Crippen molar-refractivity contribution in [2.75, 3.05) is 0 Å². The monoisotopic (exact) mass is 188 g/mol. The van der Waals surface area contributed by atoms with Crippen LogP contribution in [-0.4, -0.2) is 15.0 Å². The van der Waals surface area contributed by atoms with Crippen molar-refractivity contribution in [2.45, 2.75) is 13.0 Å². The highest BCUT2D eigenvalue weighted by Crippen LogP contribution is 2.15. The van der Waals surface area contributed by atoms with Crippen molar-refractivity contribution < 1.29 is 0 Å². The standard InChI is InChI=1S/C10H12N4/c1-7(11)9-6-13-10(14-9)8-3-2-4-12-5-8/h2-7H,11H2,1H3,(H,13,14)/t7-/m0/s1. The lowest BCUT2D eigenvalue weighted by atomic mass is 10.3. The summed E-state index contributed by atoms with van der Waals surface area (Å²) in [6.45, 7) is 1.92. The topological polar surface area (TPSA) is 67.6 Å². The molecule has 0 aliphatic rings. The van der Waals surface area contributed by atoms with Crippen molar-refractivity contribution in [3.05, 3.63) is 36.4 Å². The van der Waals surface area contributed by atoms with Crippen molar-refractivity contribution in [1.29, 1.82) is 0 Å². The molecule has 2 aromatic rings. The molecule has 2 heterocycles. The number of hydrogen-bond acceptors (Lipinski definition) is 3. The molecule has 1 atom stereocenters. The predicted octanol–water partition coefficient (Wildman–Crippen LogP) is 1.49. The fraction of sp³-hybridized carbons (Fsp3) is 0.200. The molecule has 0 saturated heterocycles. The first-order chi connectivity index (χ1) is 6.77. The van der Waals surface area contributed by atoms with Gasteiger partial charge in [0.2, 0.25) is 0 Å². The van der Waals surface area contributed by atoms with Gasteiger partial charge in [-0.15, -0.1) is 0 Å². The quantitative estimate of drug-likeness (QED) is 0.750. The van der Waals surface area contributed by atoms with Crippen LogP contribution in [0.3, 0.4) is 0 Å². The number of rotatable bonds is 2. The highest BCUT2D eigenvalue weighted by Gasteiger charge is 2.05. The van der Waals surface area contributed by atoms with Gasteiger partial charge < -0.3 is 10.7 Å². The fourth-order valence-corrected chi connectivity index (χ4v) is 1.22. The molecule has 0 radical (unpaired) electrons. The minimum Gasteiger partial charge on any atom is -0.341 e. The molecule has 14 heavy (non-hydrogen) atoms. The van der Waals surface area contributed by atoms with Crippen LogP contribution in [0.1, 0.15) is 18.7 Å². The van der Waals surface area contributed by atoms with Crippen molar-refractivity contribution in [3.8, 4) is 11.4 Å². The van der Waals surface area contributed by atoms with Crippen molar-refractivity contribution in [3.63, 3.8) is 0 Å². The second-order valence-electron chi connectivity index (χ2n) is 3.22. The number of H-pyrrole nitrogens is 1. The summed E-state index contributed by atoms with van der Waals surface area (Å²) >= 11 is 0. The van der Waals surface area contributed by atoms with Gasteiger partial charge in [-0.25, -0.2) is 4.98 Å². The third-order valence-electron chi connectivity index (χ3n) is 2.02. The van der Waals surface area contributed by atoms with Crippen molar-refractivity contribution in [1.82, 2.24) is 15.0 Å². The molecule has 0 fully saturated rings. The molecule has 4 nitrogen and oxygen atoms in total. The Morgan fingerprint density at radius 3 is 2.86 bits per heavy atom. The lowest BCUT2D eigenvalue weighted by molar-refractivity contribution is 0.789. The summed E-state index contributed by atoms with van der Waals surface area (Å²) in [4.78, 5) is 11.4. The first-order valence-electron chi connectivity index (χ1n) is 4.48. The normalized spacial score (nSPS) is 12.7. The van der Waals surface area contributed by atoms with Crippen LogP contribution in [0.2, 0.25) is 0 Å². The Bertz CT molecular complexity index is 405. The van der Waals surface area contributed by atoms with E-state index in [1.165, 1.54) is 0 Å². The Kier molecular flexibility index (Phi) is 2.28. The largest absolute Gasteiger partial charge is 0.341 e. The second-order valence-corrected chi connectivity index (χ2v) is 3.22. The van der Waals surface area contributed by atoms with E-state index in [2.05, 4.69) is 15.0 Å². The highest BCUT2D eigenvalue weighted by molar-refractivity contribution is 5.53. The molecule has 0 aliphatic heterocycles. The fourth-order valence-electron chi connectivity index (χ4n) is 1.22. The van der Waals surface area contributed by atoms with Crippen LogP contribution in [0.5, 0.6) is 0 Å². The van der Waals surface area contributed by atoms with Gasteiger partial charge in [-0.2, -0.15) is 0 Å². The van der Waals surface area contributed by atoms with Gasteiger partial charge in [-0.05, 0) is 19.1 Å². The summed E-state index contributed by atoms with van der Waals surface area (Å²) in [6, 6.07) is 3.81. The van der Waals surface area contributed by atoms with Crippen LogP contribution in [0.25, 0.3) is 11.4 Å². The summed E-state index contributed by atoms with van der Waals surface area (Å²) in [5, 5.41) is 0. The van der Waals surface area contributed by atoms with E-state index in [-0.39, 0.29) is 6.04 Å². The summed E-state index contributed by atoms with van der Waals surface area (Å²) in [5.41, 5.74) is 7.62. The van der Waals surface area contributed by atoms with Crippen LogP contribution in [0.15, 0.2) is 30.7 Å². The molecule has 0 spiro atoms. The second kappa shape index (κ2) is 3.59. The zero-order chi connectivity index (χ0) is 9.97. The number of nitrogens with two attached hydrogens (primary N) is 1. The molecule has 0 saturated carbocycles. The van der Waals surface area contributed by atoms with Gasteiger partial charge in [0.1, 0.15) is 5.82 Å². The zero-order valence-corrected chi connectivity index (χ0v) is 7.94. The lowest BCUT2D eigenvalue weighted by Gasteiger charge is -1.99. The van der Waals surface area contributed by atoms with E-state index in [9.17, 15) is 0 Å². The Balaban J connectivity index is 2.34. The lowest BCUT2D eigenvalue weighted by Crippen LogP contribution is -2.04. The molecule has 0 aliphatic carbocycles. The number of nitrogens with zero attached hydrogens (tertiary/aromatic N) is 2. The molecule has 0 amide bonds. The van der Waals surface area contributed by atoms with Gasteiger partial charge in [0, 0.05) is 24.0 Å². The molecular formula is C10H12N4. The zero-order valence-electron chi connectivity index (χ0n) is 7.94. The molecule has 3 N–H and O–H groups in total. The predicted molar refractivity (Wildman–Crippen MR) is 54.4 cm³/mol. The number of pyridine rings is 1. The van der Waals surface area contributed by atoms with E-state index in [1.807, 2.05) is 19.1 Å². The van der Waals surface area contributed by atoms with Crippen LogP contribution in [-0.2, 0) is 0 Å². The summed E-state index contributed by atoms with van der Waals surface area (Å²) in [6.07, 6.45) is 5.26. The Morgan fingerprint density at radius 2 is 2.29 bits per heavy atom. The first-order valence-corrected chi connectivity index (χ1v) is 4.48. The third-order valence-corrected chi connectivity index (χ3v) is 2.02. The van der Waals surface area contributed by atoms with Crippen LogP contribution >= 0.6 is 0 Å². The van der Waals surface area contributed by atoms with Gasteiger partial charge in [0.25, 0.3) is 0 Å². The summed E-state index contributed by atoms with van der Waals surface area (Å²) in [5.74, 6) is 0.811.